The predicted octanol–water partition coefficient (Wildman–Crippen LogP) is 3.62. The highest BCUT2D eigenvalue weighted by atomic mass is 19.4. The van der Waals surface area contributed by atoms with Gasteiger partial charge in [0.05, 0.1) is 17.3 Å². The van der Waals surface area contributed by atoms with Gasteiger partial charge in [0.2, 0.25) is 0 Å². The van der Waals surface area contributed by atoms with E-state index in [-0.39, 0.29) is 11.6 Å². The number of hydrogen-bond donors (Lipinski definition) is 1. The summed E-state index contributed by atoms with van der Waals surface area (Å²) in [5.74, 6) is 0.459. The number of rotatable bonds is 3. The smallest absolute Gasteiger partial charge is 0.310 e. The second kappa shape index (κ2) is 6.02. The molecule has 0 unspecified atom stereocenters. The van der Waals surface area contributed by atoms with Gasteiger partial charge in [-0.25, -0.2) is 9.67 Å². The lowest BCUT2D eigenvalue weighted by atomic mass is 10.1. The molecule has 0 saturated heterocycles. The largest absolute Gasteiger partial charge is 0.416 e. The van der Waals surface area contributed by atoms with Crippen LogP contribution in [0.5, 0.6) is 0 Å². The molecule has 25 heavy (non-hydrogen) atoms. The first-order valence-corrected chi connectivity index (χ1v) is 7.87. The van der Waals surface area contributed by atoms with Gasteiger partial charge in [-0.15, -0.1) is 0 Å². The number of nitrogens with zero attached hydrogens (tertiary/aromatic N) is 3. The van der Waals surface area contributed by atoms with Crippen LogP contribution >= 0.6 is 0 Å². The molecule has 1 atom stereocenters. The molecule has 0 radical (unpaired) electrons. The average molecular weight is 350 g/mol. The van der Waals surface area contributed by atoms with E-state index in [1.54, 1.807) is 11.6 Å². The Morgan fingerprint density at radius 3 is 2.44 bits per heavy atom. The minimum absolute atomic E-state index is 0.259. The van der Waals surface area contributed by atoms with E-state index in [1.807, 2.05) is 13.8 Å². The van der Waals surface area contributed by atoms with Gasteiger partial charge in [0, 0.05) is 0 Å². The lowest BCUT2D eigenvalue weighted by Crippen LogP contribution is -2.13. The zero-order valence-electron chi connectivity index (χ0n) is 14.0. The predicted molar refractivity (Wildman–Crippen MR) is 87.5 cm³/mol. The van der Waals surface area contributed by atoms with Crippen molar-refractivity contribution in [1.29, 1.82) is 0 Å². The third-order valence-corrected chi connectivity index (χ3v) is 4.17. The molecule has 5 nitrogen and oxygen atoms in total. The normalized spacial score (nSPS) is 13.4. The van der Waals surface area contributed by atoms with Crippen LogP contribution in [-0.2, 0) is 12.6 Å². The number of aromatic nitrogens is 4. The van der Waals surface area contributed by atoms with Crippen LogP contribution in [0.3, 0.4) is 0 Å². The van der Waals surface area contributed by atoms with Crippen LogP contribution in [0.2, 0.25) is 0 Å². The van der Waals surface area contributed by atoms with Gasteiger partial charge < -0.3 is 4.98 Å². The van der Waals surface area contributed by atoms with Gasteiger partial charge in [-0.3, -0.25) is 4.79 Å². The Labute approximate surface area is 141 Å². The van der Waals surface area contributed by atoms with Crippen molar-refractivity contribution < 1.29 is 13.2 Å². The maximum Gasteiger partial charge on any atom is 0.416 e. The molecule has 0 aliphatic carbocycles. The molecule has 3 aromatic rings. The molecule has 0 saturated carbocycles. The van der Waals surface area contributed by atoms with Crippen molar-refractivity contribution in [2.75, 3.05) is 0 Å². The van der Waals surface area contributed by atoms with Crippen LogP contribution in [0.25, 0.3) is 11.0 Å². The Morgan fingerprint density at radius 1 is 1.24 bits per heavy atom. The van der Waals surface area contributed by atoms with Crippen molar-refractivity contribution in [2.45, 2.75) is 39.4 Å². The average Bonchev–Trinajstić information content (AvgIpc) is 2.92. The molecule has 0 amide bonds. The molecule has 2 aromatic heterocycles. The van der Waals surface area contributed by atoms with Gasteiger partial charge in [0.15, 0.2) is 5.65 Å². The van der Waals surface area contributed by atoms with Gasteiger partial charge in [0.1, 0.15) is 11.2 Å². The molecule has 0 spiro atoms. The van der Waals surface area contributed by atoms with Crippen LogP contribution < -0.4 is 5.56 Å². The Bertz CT molecular complexity index is 970. The number of aryl methyl sites for hydroxylation is 2. The van der Waals surface area contributed by atoms with E-state index in [0.29, 0.717) is 34.5 Å². The zero-order chi connectivity index (χ0) is 18.4. The van der Waals surface area contributed by atoms with E-state index in [4.69, 9.17) is 0 Å². The van der Waals surface area contributed by atoms with E-state index in [1.165, 1.54) is 12.1 Å². The molecular formula is C17H17F3N4O. The Kier molecular flexibility index (Phi) is 4.14. The highest BCUT2D eigenvalue weighted by molar-refractivity contribution is 5.77. The third-order valence-electron chi connectivity index (χ3n) is 4.17. The molecule has 3 rings (SSSR count). The number of halogens is 3. The SMILES string of the molecule is CCc1nn([C@@H](C)c2ccc(C(F)(F)F)cc2)c2nc(C)[nH]c(=O)c12. The lowest BCUT2D eigenvalue weighted by Gasteiger charge is -2.15. The van der Waals surface area contributed by atoms with Gasteiger partial charge in [0.25, 0.3) is 5.56 Å². The summed E-state index contributed by atoms with van der Waals surface area (Å²) < 4.78 is 39.8. The van der Waals surface area contributed by atoms with Crippen molar-refractivity contribution in [1.82, 2.24) is 19.7 Å². The molecule has 2 heterocycles. The summed E-state index contributed by atoms with van der Waals surface area (Å²) in [6.07, 6.45) is -3.82. The highest BCUT2D eigenvalue weighted by Crippen LogP contribution is 2.31. The number of aromatic amines is 1. The molecule has 132 valence electrons. The van der Waals surface area contributed by atoms with Gasteiger partial charge in [-0.05, 0) is 38.0 Å². The second-order valence-corrected chi connectivity index (χ2v) is 5.89. The van der Waals surface area contributed by atoms with Crippen LogP contribution in [0.1, 0.15) is 42.5 Å². The van der Waals surface area contributed by atoms with Gasteiger partial charge in [-0.1, -0.05) is 19.1 Å². The standard InChI is InChI=1S/C17H17F3N4O/c1-4-13-14-15(21-10(3)22-16(14)25)24(23-13)9(2)11-5-7-12(8-6-11)17(18,19)20/h5-9H,4H2,1-3H3,(H,21,22,25)/t9-/m0/s1. The molecule has 0 fully saturated rings. The van der Waals surface area contributed by atoms with E-state index in [0.717, 1.165) is 12.1 Å². The van der Waals surface area contributed by atoms with Crippen molar-refractivity contribution in [3.05, 3.63) is 57.3 Å². The van der Waals surface area contributed by atoms with Crippen LogP contribution in [0.15, 0.2) is 29.1 Å². The van der Waals surface area contributed by atoms with Crippen LogP contribution in [-0.4, -0.2) is 19.7 Å². The zero-order valence-corrected chi connectivity index (χ0v) is 14.0. The van der Waals surface area contributed by atoms with Crippen molar-refractivity contribution in [3.63, 3.8) is 0 Å². The van der Waals surface area contributed by atoms with Gasteiger partial charge in [-0.2, -0.15) is 18.3 Å². The lowest BCUT2D eigenvalue weighted by molar-refractivity contribution is -0.137. The first-order chi connectivity index (χ1) is 11.7. The van der Waals surface area contributed by atoms with Crippen LogP contribution in [0.4, 0.5) is 13.2 Å². The molecule has 0 aliphatic rings. The maximum absolute atomic E-state index is 12.7. The Morgan fingerprint density at radius 2 is 1.88 bits per heavy atom. The summed E-state index contributed by atoms with van der Waals surface area (Å²) in [6.45, 7) is 5.37. The number of fused-ring (bicyclic) bond motifs is 1. The minimum Gasteiger partial charge on any atom is -0.310 e. The first kappa shape index (κ1) is 17.2. The number of H-pyrrole nitrogens is 1. The molecular weight excluding hydrogens is 333 g/mol. The number of hydrogen-bond acceptors (Lipinski definition) is 3. The summed E-state index contributed by atoms with van der Waals surface area (Å²) in [4.78, 5) is 19.3. The van der Waals surface area contributed by atoms with E-state index in [9.17, 15) is 18.0 Å². The number of nitrogens with one attached hydrogen (secondary N) is 1. The van der Waals surface area contributed by atoms with Crippen molar-refractivity contribution in [2.24, 2.45) is 0 Å². The fourth-order valence-electron chi connectivity index (χ4n) is 2.83. The number of benzene rings is 1. The van der Waals surface area contributed by atoms with Crippen molar-refractivity contribution in [3.8, 4) is 0 Å². The minimum atomic E-state index is -4.37. The van der Waals surface area contributed by atoms with E-state index in [2.05, 4.69) is 15.1 Å². The molecule has 0 bridgehead atoms. The summed E-state index contributed by atoms with van der Waals surface area (Å²) in [5.41, 5.74) is 0.742. The van der Waals surface area contributed by atoms with E-state index < -0.39 is 11.7 Å². The van der Waals surface area contributed by atoms with Gasteiger partial charge >= 0.3 is 6.18 Å². The summed E-state index contributed by atoms with van der Waals surface area (Å²) in [7, 11) is 0. The maximum atomic E-state index is 12.7. The molecule has 8 heteroatoms. The third kappa shape index (κ3) is 3.04. The monoisotopic (exact) mass is 350 g/mol. The highest BCUT2D eigenvalue weighted by Gasteiger charge is 2.30. The van der Waals surface area contributed by atoms with Crippen LogP contribution in [0, 0.1) is 6.92 Å². The second-order valence-electron chi connectivity index (χ2n) is 5.89. The number of alkyl halides is 3. The van der Waals surface area contributed by atoms with E-state index >= 15 is 0 Å². The fourth-order valence-corrected chi connectivity index (χ4v) is 2.83. The Balaban J connectivity index is 2.11. The summed E-state index contributed by atoms with van der Waals surface area (Å²) in [5, 5.41) is 4.89. The molecule has 1 aromatic carbocycles. The first-order valence-electron chi connectivity index (χ1n) is 7.87. The quantitative estimate of drug-likeness (QED) is 0.785. The fraction of sp³-hybridized carbons (Fsp3) is 0.353. The topological polar surface area (TPSA) is 63.6 Å². The molecule has 1 N–H and O–H groups in total. The van der Waals surface area contributed by atoms with Crippen molar-refractivity contribution >= 4 is 11.0 Å². The summed E-state index contributed by atoms with van der Waals surface area (Å²) in [6, 6.07) is 4.58. The Hall–Kier alpha value is -2.64. The molecule has 0 aliphatic heterocycles. The summed E-state index contributed by atoms with van der Waals surface area (Å²) >= 11 is 0.